The quantitative estimate of drug-likeness (QED) is 0.797. The highest BCUT2D eigenvalue weighted by molar-refractivity contribution is 7.80. The van der Waals surface area contributed by atoms with E-state index in [1.165, 1.54) is 11.3 Å². The maximum atomic E-state index is 11.5. The highest BCUT2D eigenvalue weighted by Crippen LogP contribution is 2.07. The molecule has 3 nitrogen and oxygen atoms in total. The molecular weight excluding hydrogens is 228 g/mol. The van der Waals surface area contributed by atoms with Crippen molar-refractivity contribution in [3.05, 3.63) is 22.4 Å². The fourth-order valence-corrected chi connectivity index (χ4v) is 1.71. The highest BCUT2D eigenvalue weighted by atomic mass is 32.1. The number of carbonyl (C=O) groups excluding carboxylic acids is 1. The van der Waals surface area contributed by atoms with Crippen LogP contribution in [0.3, 0.4) is 0 Å². The van der Waals surface area contributed by atoms with Crippen LogP contribution in [-0.4, -0.2) is 17.6 Å². The minimum Gasteiger partial charge on any atom is -0.362 e. The van der Waals surface area contributed by atoms with E-state index in [0.29, 0.717) is 15.9 Å². The predicted octanol–water partition coefficient (Wildman–Crippen LogP) is 2.01. The summed E-state index contributed by atoms with van der Waals surface area (Å²) >= 11 is 6.38. The molecule has 1 heterocycles. The summed E-state index contributed by atoms with van der Waals surface area (Å²) in [5.41, 5.74) is 0. The Morgan fingerprint density at radius 3 is 2.87 bits per heavy atom. The topological polar surface area (TPSA) is 41.1 Å². The molecule has 1 amide bonds. The van der Waals surface area contributed by atoms with E-state index in [1.54, 1.807) is 6.07 Å². The predicted molar refractivity (Wildman–Crippen MR) is 67.2 cm³/mol. The lowest BCUT2D eigenvalue weighted by Gasteiger charge is -2.10. The number of rotatable bonds is 3. The van der Waals surface area contributed by atoms with Crippen LogP contribution in [0.15, 0.2) is 17.5 Å². The Labute approximate surface area is 98.9 Å². The molecule has 0 bridgehead atoms. The first kappa shape index (κ1) is 12.1. The fraction of sp³-hybridized carbons (Fsp3) is 0.400. The van der Waals surface area contributed by atoms with E-state index < -0.39 is 0 Å². The van der Waals surface area contributed by atoms with Crippen molar-refractivity contribution in [2.75, 3.05) is 6.54 Å². The molecule has 0 aliphatic carbocycles. The highest BCUT2D eigenvalue weighted by Gasteiger charge is 2.07. The number of nitrogens with one attached hydrogen (secondary N) is 2. The van der Waals surface area contributed by atoms with E-state index in [-0.39, 0.29) is 5.91 Å². The Morgan fingerprint density at radius 1 is 1.60 bits per heavy atom. The summed E-state index contributed by atoms with van der Waals surface area (Å²) in [6.45, 7) is 4.93. The lowest BCUT2D eigenvalue weighted by Crippen LogP contribution is -2.40. The summed E-state index contributed by atoms with van der Waals surface area (Å²) in [6.07, 6.45) is 0. The fourth-order valence-electron chi connectivity index (χ4n) is 0.913. The molecule has 82 valence electrons. The maximum absolute atomic E-state index is 11.5. The Hall–Kier alpha value is -0.940. The van der Waals surface area contributed by atoms with Gasteiger partial charge in [0.25, 0.3) is 5.91 Å². The minimum atomic E-state index is -0.147. The summed E-state index contributed by atoms with van der Waals surface area (Å²) in [5.74, 6) is 0.354. The number of carbonyl (C=O) groups is 1. The monoisotopic (exact) mass is 242 g/mol. The Morgan fingerprint density at radius 2 is 2.33 bits per heavy atom. The molecule has 15 heavy (non-hydrogen) atoms. The van der Waals surface area contributed by atoms with Gasteiger partial charge in [0.05, 0.1) is 4.88 Å². The molecule has 0 radical (unpaired) electrons. The zero-order chi connectivity index (χ0) is 11.3. The van der Waals surface area contributed by atoms with Crippen molar-refractivity contribution in [3.8, 4) is 0 Å². The SMILES string of the molecule is CC(C)CNC(=S)NC(=O)c1cccs1. The van der Waals surface area contributed by atoms with Crippen LogP contribution in [0.25, 0.3) is 0 Å². The van der Waals surface area contributed by atoms with Crippen molar-refractivity contribution >= 4 is 34.6 Å². The standard InChI is InChI=1S/C10H14N2OS2/c1-7(2)6-11-10(14)12-9(13)8-4-3-5-15-8/h3-5,7H,6H2,1-2H3,(H2,11,12,13,14). The van der Waals surface area contributed by atoms with Crippen molar-refractivity contribution in [1.82, 2.24) is 10.6 Å². The van der Waals surface area contributed by atoms with Gasteiger partial charge in [-0.15, -0.1) is 11.3 Å². The molecule has 5 heteroatoms. The van der Waals surface area contributed by atoms with Crippen LogP contribution >= 0.6 is 23.6 Å². The molecule has 0 saturated carbocycles. The number of thiocarbonyl (C=S) groups is 1. The van der Waals surface area contributed by atoms with Gasteiger partial charge in [-0.2, -0.15) is 0 Å². The van der Waals surface area contributed by atoms with Crippen LogP contribution in [-0.2, 0) is 0 Å². The van der Waals surface area contributed by atoms with Crippen molar-refractivity contribution in [2.45, 2.75) is 13.8 Å². The van der Waals surface area contributed by atoms with Gasteiger partial charge in [0.15, 0.2) is 5.11 Å². The first-order chi connectivity index (χ1) is 7.09. The van der Waals surface area contributed by atoms with Crippen molar-refractivity contribution in [3.63, 3.8) is 0 Å². The van der Waals surface area contributed by atoms with Crippen LogP contribution in [0.2, 0.25) is 0 Å². The molecule has 2 N–H and O–H groups in total. The zero-order valence-electron chi connectivity index (χ0n) is 8.74. The van der Waals surface area contributed by atoms with Gasteiger partial charge in [-0.3, -0.25) is 10.1 Å². The van der Waals surface area contributed by atoms with Crippen LogP contribution in [0.5, 0.6) is 0 Å². The van der Waals surface area contributed by atoms with Crippen LogP contribution in [0.4, 0.5) is 0 Å². The molecule has 0 saturated heterocycles. The van der Waals surface area contributed by atoms with Gasteiger partial charge in [-0.25, -0.2) is 0 Å². The molecule has 0 atom stereocenters. The molecule has 0 fully saturated rings. The molecule has 0 spiro atoms. The molecule has 1 rings (SSSR count). The molecule has 0 aromatic carbocycles. The first-order valence-electron chi connectivity index (χ1n) is 4.72. The molecule has 1 aromatic heterocycles. The second kappa shape index (κ2) is 5.82. The van der Waals surface area contributed by atoms with Gasteiger partial charge < -0.3 is 5.32 Å². The smallest absolute Gasteiger partial charge is 0.267 e. The van der Waals surface area contributed by atoms with E-state index in [1.807, 2.05) is 11.4 Å². The largest absolute Gasteiger partial charge is 0.362 e. The minimum absolute atomic E-state index is 0.147. The molecule has 0 aliphatic heterocycles. The summed E-state index contributed by atoms with van der Waals surface area (Å²) in [7, 11) is 0. The van der Waals surface area contributed by atoms with Crippen LogP contribution in [0, 0.1) is 5.92 Å². The van der Waals surface area contributed by atoms with E-state index in [0.717, 1.165) is 6.54 Å². The summed E-state index contributed by atoms with van der Waals surface area (Å²) in [4.78, 5) is 12.2. The summed E-state index contributed by atoms with van der Waals surface area (Å²) in [6, 6.07) is 3.61. The average Bonchev–Trinajstić information content (AvgIpc) is 2.67. The Bertz CT molecular complexity index is 333. The summed E-state index contributed by atoms with van der Waals surface area (Å²) in [5, 5.41) is 7.86. The molecule has 0 aliphatic rings. The number of hydrogen-bond donors (Lipinski definition) is 2. The lowest BCUT2D eigenvalue weighted by atomic mass is 10.2. The number of amides is 1. The second-order valence-electron chi connectivity index (χ2n) is 3.54. The number of hydrogen-bond acceptors (Lipinski definition) is 3. The second-order valence-corrected chi connectivity index (χ2v) is 4.89. The van der Waals surface area contributed by atoms with Gasteiger partial charge in [0, 0.05) is 6.54 Å². The van der Waals surface area contributed by atoms with E-state index in [9.17, 15) is 4.79 Å². The zero-order valence-corrected chi connectivity index (χ0v) is 10.4. The van der Waals surface area contributed by atoms with Crippen molar-refractivity contribution < 1.29 is 4.79 Å². The van der Waals surface area contributed by atoms with Gasteiger partial charge in [0.2, 0.25) is 0 Å². The van der Waals surface area contributed by atoms with E-state index >= 15 is 0 Å². The van der Waals surface area contributed by atoms with Gasteiger partial charge >= 0.3 is 0 Å². The van der Waals surface area contributed by atoms with Gasteiger partial charge in [-0.05, 0) is 29.6 Å². The van der Waals surface area contributed by atoms with Crippen molar-refractivity contribution in [1.29, 1.82) is 0 Å². The third-order valence-corrected chi connectivity index (χ3v) is 2.76. The van der Waals surface area contributed by atoms with Crippen LogP contribution < -0.4 is 10.6 Å². The Kier molecular flexibility index (Phi) is 4.71. The molecule has 0 unspecified atom stereocenters. The van der Waals surface area contributed by atoms with Gasteiger partial charge in [0.1, 0.15) is 0 Å². The van der Waals surface area contributed by atoms with E-state index in [4.69, 9.17) is 12.2 Å². The summed E-state index contributed by atoms with van der Waals surface area (Å²) < 4.78 is 0. The third-order valence-electron chi connectivity index (χ3n) is 1.64. The van der Waals surface area contributed by atoms with E-state index in [2.05, 4.69) is 24.5 Å². The number of thiophene rings is 1. The van der Waals surface area contributed by atoms with Crippen LogP contribution in [0.1, 0.15) is 23.5 Å². The average molecular weight is 242 g/mol. The molecule has 1 aromatic rings. The lowest BCUT2D eigenvalue weighted by molar-refractivity contribution is 0.0980. The third kappa shape index (κ3) is 4.40. The first-order valence-corrected chi connectivity index (χ1v) is 6.01. The maximum Gasteiger partial charge on any atom is 0.267 e. The Balaban J connectivity index is 2.36. The normalized spacial score (nSPS) is 10.1. The van der Waals surface area contributed by atoms with Crippen molar-refractivity contribution in [2.24, 2.45) is 5.92 Å². The molecular formula is C10H14N2OS2. The van der Waals surface area contributed by atoms with Gasteiger partial charge in [-0.1, -0.05) is 19.9 Å².